The van der Waals surface area contributed by atoms with Gasteiger partial charge in [-0.3, -0.25) is 4.79 Å². The maximum Gasteiger partial charge on any atom is 0.246 e. The van der Waals surface area contributed by atoms with Gasteiger partial charge in [-0.25, -0.2) is 9.67 Å². The largest absolute Gasteiger partial charge is 0.493 e. The number of likely N-dealkylation sites (tertiary alicyclic amines) is 1. The van der Waals surface area contributed by atoms with E-state index in [4.69, 9.17) is 9.47 Å². The third kappa shape index (κ3) is 3.99. The lowest BCUT2D eigenvalue weighted by molar-refractivity contribution is -0.127. The Balaban J connectivity index is 1.66. The molecule has 25 heavy (non-hydrogen) atoms. The number of hydrogen-bond donors (Lipinski definition) is 0. The Kier molecular flexibility index (Phi) is 5.33. The molecular formula is C18H22N4O3. The molecule has 1 aliphatic rings. The summed E-state index contributed by atoms with van der Waals surface area (Å²) < 4.78 is 12.3. The van der Waals surface area contributed by atoms with Crippen molar-refractivity contribution >= 4 is 12.0 Å². The maximum absolute atomic E-state index is 12.5. The molecule has 0 unspecified atom stereocenters. The number of carbonyl (C=O) groups excluding carboxylic acids is 1. The van der Waals surface area contributed by atoms with Crippen LogP contribution < -0.4 is 9.47 Å². The van der Waals surface area contributed by atoms with Gasteiger partial charge in [0.05, 0.1) is 20.3 Å². The highest BCUT2D eigenvalue weighted by molar-refractivity contribution is 5.92. The van der Waals surface area contributed by atoms with Crippen LogP contribution in [-0.2, 0) is 4.79 Å². The summed E-state index contributed by atoms with van der Waals surface area (Å²) in [6.45, 7) is 1.42. The Bertz CT molecular complexity index is 743. The van der Waals surface area contributed by atoms with Crippen LogP contribution in [0, 0.1) is 0 Å². The number of hydrogen-bond acceptors (Lipinski definition) is 5. The van der Waals surface area contributed by atoms with Crippen LogP contribution in [0.15, 0.2) is 36.9 Å². The lowest BCUT2D eigenvalue weighted by Gasteiger charge is -2.31. The van der Waals surface area contributed by atoms with E-state index < -0.39 is 0 Å². The fraction of sp³-hybridized carbons (Fsp3) is 0.389. The number of aromatic nitrogens is 3. The van der Waals surface area contributed by atoms with Crippen molar-refractivity contribution in [3.63, 3.8) is 0 Å². The fourth-order valence-corrected chi connectivity index (χ4v) is 3.01. The number of ether oxygens (including phenoxy) is 2. The highest BCUT2D eigenvalue weighted by atomic mass is 16.5. The van der Waals surface area contributed by atoms with Gasteiger partial charge in [0.25, 0.3) is 0 Å². The minimum atomic E-state index is -0.000370. The van der Waals surface area contributed by atoms with Gasteiger partial charge in [-0.1, -0.05) is 6.07 Å². The van der Waals surface area contributed by atoms with Gasteiger partial charge in [0.15, 0.2) is 11.5 Å². The molecule has 1 atom stereocenters. The van der Waals surface area contributed by atoms with Gasteiger partial charge in [0.2, 0.25) is 5.91 Å². The number of rotatable bonds is 5. The van der Waals surface area contributed by atoms with Gasteiger partial charge >= 0.3 is 0 Å². The molecule has 2 heterocycles. The second kappa shape index (κ2) is 7.83. The van der Waals surface area contributed by atoms with E-state index in [2.05, 4.69) is 10.1 Å². The van der Waals surface area contributed by atoms with Crippen molar-refractivity contribution in [3.8, 4) is 11.5 Å². The van der Waals surface area contributed by atoms with Gasteiger partial charge in [-0.05, 0) is 36.6 Å². The molecule has 0 radical (unpaired) electrons. The van der Waals surface area contributed by atoms with Gasteiger partial charge in [-0.2, -0.15) is 5.10 Å². The standard InChI is InChI=1S/C18H22N4O3/c1-24-16-7-5-14(10-17(16)25-2)6-8-18(23)21-9-3-4-15(11-21)22-13-19-12-20-22/h5-8,10,12-13,15H,3-4,9,11H2,1-2H3/b8-6-/t15-/m0/s1. The van der Waals surface area contributed by atoms with E-state index in [9.17, 15) is 4.79 Å². The van der Waals surface area contributed by atoms with E-state index in [1.807, 2.05) is 27.8 Å². The second-order valence-corrected chi connectivity index (χ2v) is 5.90. The van der Waals surface area contributed by atoms with Crippen molar-refractivity contribution in [3.05, 3.63) is 42.5 Å². The molecule has 0 bridgehead atoms. The van der Waals surface area contributed by atoms with Crippen molar-refractivity contribution in [1.29, 1.82) is 0 Å². The zero-order valence-electron chi connectivity index (χ0n) is 14.5. The van der Waals surface area contributed by atoms with E-state index in [1.165, 1.54) is 6.33 Å². The minimum Gasteiger partial charge on any atom is -0.493 e. The molecule has 2 aromatic rings. The van der Waals surface area contributed by atoms with Crippen LogP contribution in [0.3, 0.4) is 0 Å². The summed E-state index contributed by atoms with van der Waals surface area (Å²) in [5.74, 6) is 1.30. The Hall–Kier alpha value is -2.83. The summed E-state index contributed by atoms with van der Waals surface area (Å²) >= 11 is 0. The molecule has 0 N–H and O–H groups in total. The summed E-state index contributed by atoms with van der Waals surface area (Å²) in [7, 11) is 3.19. The van der Waals surface area contributed by atoms with Crippen LogP contribution in [-0.4, -0.2) is 52.9 Å². The molecule has 0 spiro atoms. The molecule has 7 nitrogen and oxygen atoms in total. The number of amides is 1. The summed E-state index contributed by atoms with van der Waals surface area (Å²) in [4.78, 5) is 18.3. The van der Waals surface area contributed by atoms with Gasteiger partial charge < -0.3 is 14.4 Å². The predicted octanol–water partition coefficient (Wildman–Crippen LogP) is 2.17. The Morgan fingerprint density at radius 1 is 1.28 bits per heavy atom. The quantitative estimate of drug-likeness (QED) is 0.779. The molecule has 1 fully saturated rings. The molecule has 1 amide bonds. The number of benzene rings is 1. The molecule has 1 aromatic heterocycles. The van der Waals surface area contributed by atoms with E-state index >= 15 is 0 Å². The first-order valence-electron chi connectivity index (χ1n) is 8.24. The molecule has 1 aromatic carbocycles. The third-order valence-corrected chi connectivity index (χ3v) is 4.34. The maximum atomic E-state index is 12.5. The van der Waals surface area contributed by atoms with Crippen molar-refractivity contribution in [2.75, 3.05) is 27.3 Å². The number of nitrogens with zero attached hydrogens (tertiary/aromatic N) is 4. The highest BCUT2D eigenvalue weighted by Gasteiger charge is 2.23. The van der Waals surface area contributed by atoms with Crippen LogP contribution in [0.1, 0.15) is 24.4 Å². The van der Waals surface area contributed by atoms with Crippen LogP contribution in [0.2, 0.25) is 0 Å². The van der Waals surface area contributed by atoms with Crippen LogP contribution in [0.5, 0.6) is 11.5 Å². The molecule has 132 valence electrons. The number of carbonyl (C=O) groups is 1. The van der Waals surface area contributed by atoms with Crippen molar-refractivity contribution in [1.82, 2.24) is 19.7 Å². The smallest absolute Gasteiger partial charge is 0.246 e. The summed E-state index contributed by atoms with van der Waals surface area (Å²) in [6.07, 6.45) is 8.59. The first-order chi connectivity index (χ1) is 12.2. The van der Waals surface area contributed by atoms with Gasteiger partial charge in [0.1, 0.15) is 12.7 Å². The molecule has 3 rings (SSSR count). The Morgan fingerprint density at radius 2 is 2.12 bits per heavy atom. The molecule has 1 aliphatic heterocycles. The Labute approximate surface area is 146 Å². The van der Waals surface area contributed by atoms with E-state index in [1.54, 1.807) is 32.7 Å². The van der Waals surface area contributed by atoms with Crippen LogP contribution in [0.25, 0.3) is 6.08 Å². The molecule has 0 aliphatic carbocycles. The zero-order chi connectivity index (χ0) is 17.6. The number of methoxy groups -OCH3 is 2. The first kappa shape index (κ1) is 17.0. The highest BCUT2D eigenvalue weighted by Crippen LogP contribution is 2.28. The lowest BCUT2D eigenvalue weighted by atomic mass is 10.1. The van der Waals surface area contributed by atoms with E-state index in [0.717, 1.165) is 24.9 Å². The fourth-order valence-electron chi connectivity index (χ4n) is 3.01. The topological polar surface area (TPSA) is 69.5 Å². The number of piperidine rings is 1. The average Bonchev–Trinajstić information content (AvgIpc) is 3.20. The second-order valence-electron chi connectivity index (χ2n) is 5.90. The molecular weight excluding hydrogens is 320 g/mol. The monoisotopic (exact) mass is 342 g/mol. The average molecular weight is 342 g/mol. The van der Waals surface area contributed by atoms with Crippen molar-refractivity contribution < 1.29 is 14.3 Å². The molecule has 1 saturated heterocycles. The molecule has 7 heteroatoms. The minimum absolute atomic E-state index is 0.000370. The van der Waals surface area contributed by atoms with Gasteiger partial charge in [0, 0.05) is 19.2 Å². The lowest BCUT2D eigenvalue weighted by Crippen LogP contribution is -2.40. The zero-order valence-corrected chi connectivity index (χ0v) is 14.5. The van der Waals surface area contributed by atoms with E-state index in [0.29, 0.717) is 18.0 Å². The van der Waals surface area contributed by atoms with Crippen molar-refractivity contribution in [2.24, 2.45) is 0 Å². The third-order valence-electron chi connectivity index (χ3n) is 4.34. The summed E-state index contributed by atoms with van der Waals surface area (Å²) in [5.41, 5.74) is 0.885. The first-order valence-corrected chi connectivity index (χ1v) is 8.24. The normalized spacial score (nSPS) is 17.7. The van der Waals surface area contributed by atoms with Crippen molar-refractivity contribution in [2.45, 2.75) is 18.9 Å². The SMILES string of the molecule is COc1ccc(/C=C\C(=O)N2CCC[C@H](n3cncn3)C2)cc1OC. The molecule has 0 saturated carbocycles. The predicted molar refractivity (Wildman–Crippen MR) is 93.5 cm³/mol. The van der Waals surface area contributed by atoms with Crippen LogP contribution >= 0.6 is 0 Å². The summed E-state index contributed by atoms with van der Waals surface area (Å²) in [5, 5.41) is 4.19. The van der Waals surface area contributed by atoms with Crippen LogP contribution in [0.4, 0.5) is 0 Å². The van der Waals surface area contributed by atoms with Gasteiger partial charge in [-0.15, -0.1) is 0 Å². The summed E-state index contributed by atoms with van der Waals surface area (Å²) in [6, 6.07) is 5.75. The Morgan fingerprint density at radius 3 is 2.84 bits per heavy atom. The van der Waals surface area contributed by atoms with E-state index in [-0.39, 0.29) is 11.9 Å².